The summed E-state index contributed by atoms with van der Waals surface area (Å²) in [4.78, 5) is 2.58. The number of nitrogens with one attached hydrogen (secondary N) is 1. The predicted molar refractivity (Wildman–Crippen MR) is 79.0 cm³/mol. The van der Waals surface area contributed by atoms with Crippen molar-refractivity contribution in [2.75, 3.05) is 13.1 Å². The van der Waals surface area contributed by atoms with Crippen LogP contribution in [-0.2, 0) is 13.1 Å². The van der Waals surface area contributed by atoms with Crippen LogP contribution in [0.4, 0.5) is 0 Å². The van der Waals surface area contributed by atoms with Gasteiger partial charge in [-0.15, -0.1) is 0 Å². The Hall–Kier alpha value is -0.800. The number of rotatable bonds is 7. The molecule has 0 saturated carbocycles. The van der Waals surface area contributed by atoms with Gasteiger partial charge in [-0.1, -0.05) is 20.8 Å². The quantitative estimate of drug-likeness (QED) is 0.765. The van der Waals surface area contributed by atoms with Gasteiger partial charge in [0.15, 0.2) is 0 Å². The molecule has 0 aromatic carbocycles. The van der Waals surface area contributed by atoms with Gasteiger partial charge in [0.05, 0.1) is 13.1 Å². The Kier molecular flexibility index (Phi) is 5.46. The van der Waals surface area contributed by atoms with E-state index in [1.807, 2.05) is 0 Å². The molecule has 2 rings (SSSR count). The number of likely N-dealkylation sites (tertiary alicyclic amines) is 1. The summed E-state index contributed by atoms with van der Waals surface area (Å²) in [6, 6.07) is 4.98. The highest BCUT2D eigenvalue weighted by Gasteiger charge is 2.27. The highest BCUT2D eigenvalue weighted by atomic mass is 16.3. The van der Waals surface area contributed by atoms with Crippen LogP contribution in [0, 0.1) is 5.92 Å². The molecule has 1 fully saturated rings. The van der Waals surface area contributed by atoms with Gasteiger partial charge < -0.3 is 9.73 Å². The van der Waals surface area contributed by atoms with Crippen molar-refractivity contribution in [2.24, 2.45) is 5.92 Å². The van der Waals surface area contributed by atoms with Gasteiger partial charge in [0, 0.05) is 6.04 Å². The molecule has 0 radical (unpaired) electrons. The zero-order chi connectivity index (χ0) is 13.7. The van der Waals surface area contributed by atoms with E-state index in [1.54, 1.807) is 0 Å². The van der Waals surface area contributed by atoms with Crippen molar-refractivity contribution in [3.05, 3.63) is 23.7 Å². The van der Waals surface area contributed by atoms with Crippen LogP contribution in [0.5, 0.6) is 0 Å². The fraction of sp³-hybridized carbons (Fsp3) is 0.750. The van der Waals surface area contributed by atoms with Gasteiger partial charge in [-0.3, -0.25) is 4.90 Å². The van der Waals surface area contributed by atoms with Crippen LogP contribution in [0.15, 0.2) is 16.5 Å². The third-order valence-electron chi connectivity index (χ3n) is 3.99. The van der Waals surface area contributed by atoms with Gasteiger partial charge in [0.1, 0.15) is 11.5 Å². The standard InChI is InChI=1S/C16H28N2O/c1-4-9-17-11-14-7-8-15(19-14)12-18-10-5-6-16(18)13(2)3/h7-8,13,16-17H,4-6,9-12H2,1-3H3. The molecule has 1 aromatic heterocycles. The summed E-state index contributed by atoms with van der Waals surface area (Å²) in [6.45, 7) is 10.9. The molecule has 1 N–H and O–H groups in total. The predicted octanol–water partition coefficient (Wildman–Crippen LogP) is 3.40. The highest BCUT2D eigenvalue weighted by Crippen LogP contribution is 2.25. The number of nitrogens with zero attached hydrogens (tertiary/aromatic N) is 1. The minimum absolute atomic E-state index is 0.728. The fourth-order valence-electron chi connectivity index (χ4n) is 2.99. The molecule has 2 heterocycles. The molecule has 0 aliphatic carbocycles. The summed E-state index contributed by atoms with van der Waals surface area (Å²) in [5.74, 6) is 2.91. The summed E-state index contributed by atoms with van der Waals surface area (Å²) in [5, 5.41) is 3.38. The molecule has 108 valence electrons. The summed E-state index contributed by atoms with van der Waals surface area (Å²) in [5.41, 5.74) is 0. The molecule has 3 nitrogen and oxygen atoms in total. The monoisotopic (exact) mass is 264 g/mol. The van der Waals surface area contributed by atoms with E-state index < -0.39 is 0 Å². The lowest BCUT2D eigenvalue weighted by atomic mass is 10.0. The van der Waals surface area contributed by atoms with E-state index in [0.29, 0.717) is 0 Å². The van der Waals surface area contributed by atoms with Gasteiger partial charge in [0.2, 0.25) is 0 Å². The van der Waals surface area contributed by atoms with Crippen LogP contribution >= 0.6 is 0 Å². The number of hydrogen-bond donors (Lipinski definition) is 1. The highest BCUT2D eigenvalue weighted by molar-refractivity contribution is 5.07. The molecule has 0 spiro atoms. The van der Waals surface area contributed by atoms with Gasteiger partial charge in [0.25, 0.3) is 0 Å². The zero-order valence-corrected chi connectivity index (χ0v) is 12.6. The van der Waals surface area contributed by atoms with Gasteiger partial charge >= 0.3 is 0 Å². The molecule has 19 heavy (non-hydrogen) atoms. The SMILES string of the molecule is CCCNCc1ccc(CN2CCCC2C(C)C)o1. The van der Waals surface area contributed by atoms with E-state index >= 15 is 0 Å². The minimum atomic E-state index is 0.728. The van der Waals surface area contributed by atoms with Crippen LogP contribution in [0.1, 0.15) is 51.6 Å². The Balaban J connectivity index is 1.85. The molecule has 3 heteroatoms. The maximum atomic E-state index is 5.92. The Morgan fingerprint density at radius 1 is 1.37 bits per heavy atom. The first-order valence-electron chi connectivity index (χ1n) is 7.73. The lowest BCUT2D eigenvalue weighted by molar-refractivity contribution is 0.184. The summed E-state index contributed by atoms with van der Waals surface area (Å²) in [7, 11) is 0. The third-order valence-corrected chi connectivity index (χ3v) is 3.99. The Morgan fingerprint density at radius 3 is 2.89 bits per heavy atom. The van der Waals surface area contributed by atoms with Gasteiger partial charge in [-0.25, -0.2) is 0 Å². The van der Waals surface area contributed by atoms with Crippen LogP contribution < -0.4 is 5.32 Å². The van der Waals surface area contributed by atoms with Crippen molar-refractivity contribution in [1.29, 1.82) is 0 Å². The average molecular weight is 264 g/mol. The van der Waals surface area contributed by atoms with E-state index in [2.05, 4.69) is 43.1 Å². The second kappa shape index (κ2) is 7.11. The van der Waals surface area contributed by atoms with E-state index in [4.69, 9.17) is 4.42 Å². The molecule has 0 amide bonds. The van der Waals surface area contributed by atoms with Crippen LogP contribution in [0.2, 0.25) is 0 Å². The molecular formula is C16H28N2O. The van der Waals surface area contributed by atoms with E-state index in [0.717, 1.165) is 49.5 Å². The Labute approximate surface area is 117 Å². The molecule has 1 unspecified atom stereocenters. The molecular weight excluding hydrogens is 236 g/mol. The fourth-order valence-corrected chi connectivity index (χ4v) is 2.99. The van der Waals surface area contributed by atoms with Crippen molar-refractivity contribution < 1.29 is 4.42 Å². The second-order valence-electron chi connectivity index (χ2n) is 5.97. The van der Waals surface area contributed by atoms with E-state index in [9.17, 15) is 0 Å². The molecule has 0 bridgehead atoms. The smallest absolute Gasteiger partial charge is 0.118 e. The lowest BCUT2D eigenvalue weighted by Crippen LogP contribution is -2.32. The third kappa shape index (κ3) is 4.08. The number of hydrogen-bond acceptors (Lipinski definition) is 3. The van der Waals surface area contributed by atoms with Crippen LogP contribution in [0.3, 0.4) is 0 Å². The van der Waals surface area contributed by atoms with Crippen molar-refractivity contribution in [2.45, 2.75) is 59.2 Å². The summed E-state index contributed by atoms with van der Waals surface area (Å²) in [6.07, 6.45) is 3.83. The zero-order valence-electron chi connectivity index (χ0n) is 12.6. The first-order valence-corrected chi connectivity index (χ1v) is 7.73. The maximum Gasteiger partial charge on any atom is 0.118 e. The Morgan fingerprint density at radius 2 is 2.16 bits per heavy atom. The van der Waals surface area contributed by atoms with Crippen molar-refractivity contribution in [1.82, 2.24) is 10.2 Å². The molecule has 1 atom stereocenters. The van der Waals surface area contributed by atoms with Crippen molar-refractivity contribution in [3.8, 4) is 0 Å². The normalized spacial score (nSPS) is 20.5. The average Bonchev–Trinajstić information content (AvgIpc) is 2.99. The Bertz CT molecular complexity index is 373. The largest absolute Gasteiger partial charge is 0.463 e. The lowest BCUT2D eigenvalue weighted by Gasteiger charge is -2.26. The first-order chi connectivity index (χ1) is 9.20. The molecule has 1 aliphatic heterocycles. The van der Waals surface area contributed by atoms with Crippen molar-refractivity contribution >= 4 is 0 Å². The van der Waals surface area contributed by atoms with Gasteiger partial charge in [-0.05, 0) is 50.4 Å². The second-order valence-corrected chi connectivity index (χ2v) is 5.97. The molecule has 1 aliphatic rings. The van der Waals surface area contributed by atoms with E-state index in [-0.39, 0.29) is 0 Å². The minimum Gasteiger partial charge on any atom is -0.463 e. The maximum absolute atomic E-state index is 5.92. The first kappa shape index (κ1) is 14.6. The van der Waals surface area contributed by atoms with Crippen molar-refractivity contribution in [3.63, 3.8) is 0 Å². The molecule has 1 saturated heterocycles. The van der Waals surface area contributed by atoms with Crippen LogP contribution in [0.25, 0.3) is 0 Å². The summed E-state index contributed by atoms with van der Waals surface area (Å²) >= 11 is 0. The summed E-state index contributed by atoms with van der Waals surface area (Å²) < 4.78 is 5.92. The van der Waals surface area contributed by atoms with Gasteiger partial charge in [-0.2, -0.15) is 0 Å². The van der Waals surface area contributed by atoms with Crippen LogP contribution in [-0.4, -0.2) is 24.0 Å². The number of furan rings is 1. The topological polar surface area (TPSA) is 28.4 Å². The van der Waals surface area contributed by atoms with E-state index in [1.165, 1.54) is 19.4 Å². The molecule has 1 aromatic rings.